The fourth-order valence-corrected chi connectivity index (χ4v) is 4.98. The second-order valence-corrected chi connectivity index (χ2v) is 8.60. The lowest BCUT2D eigenvalue weighted by molar-refractivity contribution is 0.204. The highest BCUT2D eigenvalue weighted by Crippen LogP contribution is 2.25. The van der Waals surface area contributed by atoms with Crippen molar-refractivity contribution in [2.45, 2.75) is 62.8 Å². The van der Waals surface area contributed by atoms with Crippen LogP contribution in [0.2, 0.25) is 0 Å². The number of likely N-dealkylation sites (tertiary alicyclic amines) is 1. The van der Waals surface area contributed by atoms with Crippen LogP contribution >= 0.6 is 0 Å². The van der Waals surface area contributed by atoms with Gasteiger partial charge in [0, 0.05) is 24.9 Å². The molecule has 0 radical (unpaired) electrons. The van der Waals surface area contributed by atoms with Crippen molar-refractivity contribution >= 4 is 9.84 Å². The average molecular weight is 288 g/mol. The number of sulfone groups is 1. The van der Waals surface area contributed by atoms with E-state index < -0.39 is 9.84 Å². The van der Waals surface area contributed by atoms with Gasteiger partial charge in [-0.25, -0.2) is 8.42 Å². The molecule has 4 nitrogen and oxygen atoms in total. The van der Waals surface area contributed by atoms with E-state index in [1.807, 2.05) is 0 Å². The third-order valence-corrected chi connectivity index (χ3v) is 6.15. The Morgan fingerprint density at radius 2 is 1.84 bits per heavy atom. The Kier molecular flexibility index (Phi) is 5.26. The van der Waals surface area contributed by atoms with Crippen LogP contribution in [0.4, 0.5) is 0 Å². The number of hydrogen-bond acceptors (Lipinski definition) is 4. The van der Waals surface area contributed by atoms with E-state index in [2.05, 4.69) is 17.1 Å². The van der Waals surface area contributed by atoms with Crippen molar-refractivity contribution in [3.05, 3.63) is 0 Å². The molecule has 1 aliphatic heterocycles. The maximum atomic E-state index is 11.8. The van der Waals surface area contributed by atoms with Gasteiger partial charge in [0.2, 0.25) is 0 Å². The Morgan fingerprint density at radius 3 is 2.47 bits per heavy atom. The fourth-order valence-electron chi connectivity index (χ4n) is 3.58. The Bertz CT molecular complexity index is 377. The minimum Gasteiger partial charge on any atom is -0.309 e. The summed E-state index contributed by atoms with van der Waals surface area (Å²) in [6.45, 7) is 5.64. The van der Waals surface area contributed by atoms with E-state index in [1.54, 1.807) is 0 Å². The van der Waals surface area contributed by atoms with E-state index in [0.29, 0.717) is 6.04 Å². The standard InChI is InChI=1S/C14H28N2O2S/c1-12(11-16-9-4-3-5-10-16)15-13-7-6-8-14(13)19(2,17)18/h12-15H,3-11H2,1-2H3. The first-order valence-corrected chi connectivity index (χ1v) is 9.59. The summed E-state index contributed by atoms with van der Waals surface area (Å²) in [7, 11) is -2.91. The van der Waals surface area contributed by atoms with Crippen molar-refractivity contribution in [2.24, 2.45) is 0 Å². The van der Waals surface area contributed by atoms with Crippen LogP contribution in [0.25, 0.3) is 0 Å². The van der Waals surface area contributed by atoms with Crippen molar-refractivity contribution in [3.8, 4) is 0 Å². The monoisotopic (exact) mass is 288 g/mol. The van der Waals surface area contributed by atoms with Gasteiger partial charge < -0.3 is 10.2 Å². The van der Waals surface area contributed by atoms with Crippen LogP contribution in [-0.4, -0.2) is 56.5 Å². The van der Waals surface area contributed by atoms with Gasteiger partial charge in [-0.05, 0) is 45.7 Å². The number of nitrogens with one attached hydrogen (secondary N) is 1. The molecule has 0 aromatic carbocycles. The topological polar surface area (TPSA) is 49.4 Å². The lowest BCUT2D eigenvalue weighted by atomic mass is 10.1. The number of hydrogen-bond donors (Lipinski definition) is 1. The zero-order valence-electron chi connectivity index (χ0n) is 12.3. The van der Waals surface area contributed by atoms with E-state index in [9.17, 15) is 8.42 Å². The van der Waals surface area contributed by atoms with Gasteiger partial charge in [-0.2, -0.15) is 0 Å². The molecule has 1 N–H and O–H groups in total. The van der Waals surface area contributed by atoms with Gasteiger partial charge in [-0.1, -0.05) is 12.8 Å². The van der Waals surface area contributed by atoms with E-state index in [-0.39, 0.29) is 11.3 Å². The van der Waals surface area contributed by atoms with Crippen molar-refractivity contribution in [1.82, 2.24) is 10.2 Å². The summed E-state index contributed by atoms with van der Waals surface area (Å²) in [6.07, 6.45) is 8.22. The summed E-state index contributed by atoms with van der Waals surface area (Å²) in [5, 5.41) is 3.39. The van der Waals surface area contributed by atoms with Gasteiger partial charge in [-0.3, -0.25) is 0 Å². The van der Waals surface area contributed by atoms with Crippen molar-refractivity contribution < 1.29 is 8.42 Å². The molecule has 2 fully saturated rings. The molecule has 5 heteroatoms. The highest BCUT2D eigenvalue weighted by atomic mass is 32.2. The molecule has 19 heavy (non-hydrogen) atoms. The van der Waals surface area contributed by atoms with E-state index in [4.69, 9.17) is 0 Å². The summed E-state index contributed by atoms with van der Waals surface area (Å²) < 4.78 is 23.5. The molecule has 2 rings (SSSR count). The molecule has 1 saturated heterocycles. The van der Waals surface area contributed by atoms with Gasteiger partial charge in [-0.15, -0.1) is 0 Å². The number of nitrogens with zero attached hydrogens (tertiary/aromatic N) is 1. The highest BCUT2D eigenvalue weighted by Gasteiger charge is 2.35. The van der Waals surface area contributed by atoms with Crippen LogP contribution in [0, 0.1) is 0 Å². The summed E-state index contributed by atoms with van der Waals surface area (Å²) in [6, 6.07) is 0.542. The van der Waals surface area contributed by atoms with E-state index in [0.717, 1.165) is 25.8 Å². The fraction of sp³-hybridized carbons (Fsp3) is 1.00. The maximum absolute atomic E-state index is 11.8. The molecule has 3 unspecified atom stereocenters. The molecular weight excluding hydrogens is 260 g/mol. The molecule has 2 aliphatic rings. The van der Waals surface area contributed by atoms with E-state index in [1.165, 1.54) is 38.6 Å². The van der Waals surface area contributed by atoms with Gasteiger partial charge in [0.1, 0.15) is 0 Å². The summed E-state index contributed by atoms with van der Waals surface area (Å²) in [4.78, 5) is 2.51. The Hall–Kier alpha value is -0.130. The quantitative estimate of drug-likeness (QED) is 0.831. The summed E-state index contributed by atoms with van der Waals surface area (Å²) >= 11 is 0. The van der Waals surface area contributed by atoms with Crippen LogP contribution in [0.3, 0.4) is 0 Å². The van der Waals surface area contributed by atoms with E-state index >= 15 is 0 Å². The van der Waals surface area contributed by atoms with Crippen LogP contribution in [-0.2, 0) is 9.84 Å². The van der Waals surface area contributed by atoms with Crippen molar-refractivity contribution in [2.75, 3.05) is 25.9 Å². The lowest BCUT2D eigenvalue weighted by Crippen LogP contribution is -2.49. The molecule has 1 saturated carbocycles. The smallest absolute Gasteiger partial charge is 0.151 e. The van der Waals surface area contributed by atoms with Crippen LogP contribution in [0.1, 0.15) is 45.4 Å². The maximum Gasteiger partial charge on any atom is 0.151 e. The predicted molar refractivity (Wildman–Crippen MR) is 79.2 cm³/mol. The second kappa shape index (κ2) is 6.55. The molecule has 0 spiro atoms. The normalized spacial score (nSPS) is 31.5. The molecule has 0 aromatic rings. The Labute approximate surface area is 117 Å². The third-order valence-electron chi connectivity index (χ3n) is 4.48. The predicted octanol–water partition coefficient (Wildman–Crippen LogP) is 1.42. The zero-order valence-corrected chi connectivity index (χ0v) is 13.1. The summed E-state index contributed by atoms with van der Waals surface area (Å²) in [5.41, 5.74) is 0. The molecule has 0 amide bonds. The SMILES string of the molecule is CC(CN1CCCCC1)NC1CCCC1S(C)(=O)=O. The average Bonchev–Trinajstić information content (AvgIpc) is 2.78. The molecule has 1 aliphatic carbocycles. The Morgan fingerprint density at radius 1 is 1.16 bits per heavy atom. The van der Waals surface area contributed by atoms with Gasteiger partial charge in [0.05, 0.1) is 5.25 Å². The number of piperidine rings is 1. The van der Waals surface area contributed by atoms with Crippen molar-refractivity contribution in [1.29, 1.82) is 0 Å². The zero-order chi connectivity index (χ0) is 13.9. The molecule has 1 heterocycles. The first kappa shape index (κ1) is 15.3. The van der Waals surface area contributed by atoms with Crippen LogP contribution in [0.15, 0.2) is 0 Å². The second-order valence-electron chi connectivity index (χ2n) is 6.33. The molecule has 0 aromatic heterocycles. The molecule has 112 valence electrons. The summed E-state index contributed by atoms with van der Waals surface area (Å²) in [5.74, 6) is 0. The van der Waals surface area contributed by atoms with Crippen molar-refractivity contribution in [3.63, 3.8) is 0 Å². The molecule has 0 bridgehead atoms. The van der Waals surface area contributed by atoms with Gasteiger partial charge in [0.15, 0.2) is 9.84 Å². The minimum atomic E-state index is -2.91. The lowest BCUT2D eigenvalue weighted by Gasteiger charge is -2.31. The van der Waals surface area contributed by atoms with Gasteiger partial charge >= 0.3 is 0 Å². The van der Waals surface area contributed by atoms with Crippen LogP contribution < -0.4 is 5.32 Å². The highest BCUT2D eigenvalue weighted by molar-refractivity contribution is 7.91. The third kappa shape index (κ3) is 4.43. The molecular formula is C14H28N2O2S. The van der Waals surface area contributed by atoms with Gasteiger partial charge in [0.25, 0.3) is 0 Å². The van der Waals surface area contributed by atoms with Crippen LogP contribution in [0.5, 0.6) is 0 Å². The Balaban J connectivity index is 1.82. The minimum absolute atomic E-state index is 0.162. The number of rotatable bonds is 5. The first-order chi connectivity index (χ1) is 8.97. The largest absolute Gasteiger partial charge is 0.309 e. The first-order valence-electron chi connectivity index (χ1n) is 7.64. The molecule has 3 atom stereocenters.